The van der Waals surface area contributed by atoms with Crippen LogP contribution in [0.1, 0.15) is 15.9 Å². The molecule has 1 aromatic heterocycles. The molecule has 0 unspecified atom stereocenters. The lowest BCUT2D eigenvalue weighted by atomic mass is 10.2. The summed E-state index contributed by atoms with van der Waals surface area (Å²) in [6, 6.07) is 15.2. The van der Waals surface area contributed by atoms with E-state index in [1.807, 2.05) is 0 Å². The van der Waals surface area contributed by atoms with E-state index in [-0.39, 0.29) is 17.1 Å². The number of aromatic nitrogens is 2. The Balaban J connectivity index is 1.58. The summed E-state index contributed by atoms with van der Waals surface area (Å²) in [7, 11) is 0. The van der Waals surface area contributed by atoms with Gasteiger partial charge in [0.1, 0.15) is 10.8 Å². The van der Waals surface area contributed by atoms with Gasteiger partial charge < -0.3 is 5.32 Å². The van der Waals surface area contributed by atoms with Crippen molar-refractivity contribution in [1.29, 1.82) is 0 Å². The summed E-state index contributed by atoms with van der Waals surface area (Å²) in [5.74, 6) is -0.442. The number of nitro benzene ring substituents is 1. The van der Waals surface area contributed by atoms with E-state index in [2.05, 4.69) is 15.5 Å². The summed E-state index contributed by atoms with van der Waals surface area (Å²) < 4.78 is 13.6. The number of non-ortho nitro benzene ring substituents is 1. The number of amides is 1. The van der Waals surface area contributed by atoms with Crippen molar-refractivity contribution in [1.82, 2.24) is 10.2 Å². The number of benzene rings is 2. The van der Waals surface area contributed by atoms with E-state index in [9.17, 15) is 19.3 Å². The molecule has 2 aromatic carbocycles. The van der Waals surface area contributed by atoms with Crippen molar-refractivity contribution in [2.24, 2.45) is 0 Å². The first-order chi connectivity index (χ1) is 13.0. The third kappa shape index (κ3) is 4.85. The first-order valence-corrected chi connectivity index (χ1v) is 8.77. The van der Waals surface area contributed by atoms with Crippen molar-refractivity contribution in [3.63, 3.8) is 0 Å². The Labute approximate surface area is 157 Å². The Kier molecular flexibility index (Phi) is 5.72. The van der Waals surface area contributed by atoms with Gasteiger partial charge in [-0.25, -0.2) is 4.39 Å². The van der Waals surface area contributed by atoms with Crippen molar-refractivity contribution in [2.75, 3.05) is 5.32 Å². The van der Waals surface area contributed by atoms with Crippen LogP contribution in [0.2, 0.25) is 0 Å². The molecule has 1 heterocycles. The second-order valence-electron chi connectivity index (χ2n) is 5.40. The van der Waals surface area contributed by atoms with Crippen LogP contribution in [0.25, 0.3) is 0 Å². The smallest absolute Gasteiger partial charge is 0.269 e. The van der Waals surface area contributed by atoms with Crippen LogP contribution in [0.15, 0.2) is 65.7 Å². The molecule has 0 fully saturated rings. The van der Waals surface area contributed by atoms with Gasteiger partial charge in [-0.05, 0) is 29.8 Å². The summed E-state index contributed by atoms with van der Waals surface area (Å²) in [5.41, 5.74) is 0.874. The summed E-state index contributed by atoms with van der Waals surface area (Å²) in [6.07, 6.45) is 0. The number of hydrogen-bond donors (Lipinski definition) is 1. The largest absolute Gasteiger partial charge is 0.305 e. The number of anilines is 1. The molecule has 136 valence electrons. The number of halogens is 1. The van der Waals surface area contributed by atoms with Gasteiger partial charge in [0, 0.05) is 17.9 Å². The van der Waals surface area contributed by atoms with E-state index < -0.39 is 16.6 Å². The molecule has 3 aromatic rings. The van der Waals surface area contributed by atoms with Gasteiger partial charge in [0.05, 0.1) is 10.5 Å². The van der Waals surface area contributed by atoms with Gasteiger partial charge in [-0.2, -0.15) is 0 Å². The number of rotatable bonds is 6. The number of nitrogens with one attached hydrogen (secondary N) is 1. The highest BCUT2D eigenvalue weighted by molar-refractivity contribution is 7.98. The summed E-state index contributed by atoms with van der Waals surface area (Å²) in [5, 5.41) is 21.7. The molecular weight excluding hydrogens is 371 g/mol. The van der Waals surface area contributed by atoms with Crippen LogP contribution in [0.4, 0.5) is 15.9 Å². The van der Waals surface area contributed by atoms with E-state index in [0.29, 0.717) is 10.8 Å². The molecule has 1 N–H and O–H groups in total. The Morgan fingerprint density at radius 1 is 1.07 bits per heavy atom. The maximum Gasteiger partial charge on any atom is 0.269 e. The number of carbonyl (C=O) groups excluding carboxylic acids is 1. The highest BCUT2D eigenvalue weighted by atomic mass is 32.2. The van der Waals surface area contributed by atoms with Crippen LogP contribution in [0.3, 0.4) is 0 Å². The molecule has 1 amide bonds. The van der Waals surface area contributed by atoms with E-state index >= 15 is 0 Å². The molecule has 0 aliphatic carbocycles. The Morgan fingerprint density at radius 3 is 2.44 bits per heavy atom. The van der Waals surface area contributed by atoms with Crippen molar-refractivity contribution in [3.8, 4) is 0 Å². The molecule has 0 saturated heterocycles. The van der Waals surface area contributed by atoms with Crippen molar-refractivity contribution < 1.29 is 14.1 Å². The van der Waals surface area contributed by atoms with E-state index in [1.165, 1.54) is 42.1 Å². The predicted octanol–water partition coefficient (Wildman–Crippen LogP) is 4.07. The highest BCUT2D eigenvalue weighted by Crippen LogP contribution is 2.22. The number of hydrogen-bond acceptors (Lipinski definition) is 6. The zero-order valence-corrected chi connectivity index (χ0v) is 14.6. The highest BCUT2D eigenvalue weighted by Gasteiger charge is 2.12. The molecule has 0 atom stereocenters. The van der Waals surface area contributed by atoms with Crippen LogP contribution in [0.5, 0.6) is 0 Å². The van der Waals surface area contributed by atoms with Crippen LogP contribution >= 0.6 is 11.8 Å². The van der Waals surface area contributed by atoms with Crippen molar-refractivity contribution in [2.45, 2.75) is 10.8 Å². The standard InChI is InChI=1S/C18H13FN4O3S/c19-15-4-2-1-3-14(15)18(24)20-16-9-10-17(22-21-16)27-11-12-5-7-13(8-6-12)23(25)26/h1-10H,11H2,(H,20,21,24). The molecule has 7 nitrogen and oxygen atoms in total. The lowest BCUT2D eigenvalue weighted by molar-refractivity contribution is -0.384. The van der Waals surface area contributed by atoms with Crippen molar-refractivity contribution >= 4 is 29.2 Å². The van der Waals surface area contributed by atoms with E-state index in [1.54, 1.807) is 30.3 Å². The fraction of sp³-hybridized carbons (Fsp3) is 0.0556. The number of nitrogens with zero attached hydrogens (tertiary/aromatic N) is 3. The first kappa shape index (κ1) is 18.5. The van der Waals surface area contributed by atoms with Gasteiger partial charge in [0.2, 0.25) is 0 Å². The Morgan fingerprint density at radius 2 is 1.81 bits per heavy atom. The van der Waals surface area contributed by atoms with Crippen LogP contribution in [-0.4, -0.2) is 21.0 Å². The van der Waals surface area contributed by atoms with Crippen molar-refractivity contribution in [3.05, 3.63) is 87.7 Å². The second kappa shape index (κ2) is 8.37. The van der Waals surface area contributed by atoms with E-state index in [0.717, 1.165) is 5.56 Å². The summed E-state index contributed by atoms with van der Waals surface area (Å²) >= 11 is 1.40. The number of thioether (sulfide) groups is 1. The van der Waals surface area contributed by atoms with Gasteiger partial charge in [0.25, 0.3) is 11.6 Å². The minimum Gasteiger partial charge on any atom is -0.305 e. The topological polar surface area (TPSA) is 98.0 Å². The molecule has 0 aliphatic rings. The molecule has 9 heteroatoms. The van der Waals surface area contributed by atoms with Gasteiger partial charge in [-0.15, -0.1) is 10.2 Å². The van der Waals surface area contributed by atoms with E-state index in [4.69, 9.17) is 0 Å². The molecule has 0 spiro atoms. The third-order valence-electron chi connectivity index (χ3n) is 3.53. The van der Waals surface area contributed by atoms with Gasteiger partial charge in [0.15, 0.2) is 5.82 Å². The lowest BCUT2D eigenvalue weighted by Gasteiger charge is -2.05. The number of nitro groups is 1. The Hall–Kier alpha value is -3.33. The SMILES string of the molecule is O=C(Nc1ccc(SCc2ccc([N+](=O)[O-])cc2)nn1)c1ccccc1F. The summed E-state index contributed by atoms with van der Waals surface area (Å²) in [4.78, 5) is 22.2. The maximum atomic E-state index is 13.6. The predicted molar refractivity (Wildman–Crippen MR) is 99.0 cm³/mol. The fourth-order valence-corrected chi connectivity index (χ4v) is 2.93. The maximum absolute atomic E-state index is 13.6. The normalized spacial score (nSPS) is 10.4. The fourth-order valence-electron chi connectivity index (χ4n) is 2.16. The van der Waals surface area contributed by atoms with Gasteiger partial charge in [-0.3, -0.25) is 14.9 Å². The summed E-state index contributed by atoms with van der Waals surface area (Å²) in [6.45, 7) is 0. The molecule has 0 aliphatic heterocycles. The minimum atomic E-state index is -0.613. The molecular formula is C18H13FN4O3S. The molecule has 3 rings (SSSR count). The zero-order valence-electron chi connectivity index (χ0n) is 13.8. The first-order valence-electron chi connectivity index (χ1n) is 7.78. The Bertz CT molecular complexity index is 965. The lowest BCUT2D eigenvalue weighted by Crippen LogP contribution is -2.14. The van der Waals surface area contributed by atoms with Crippen LogP contribution in [0, 0.1) is 15.9 Å². The number of carbonyl (C=O) groups is 1. The monoisotopic (exact) mass is 384 g/mol. The third-order valence-corrected chi connectivity index (χ3v) is 4.53. The van der Waals surface area contributed by atoms with Crippen LogP contribution < -0.4 is 5.32 Å². The molecule has 27 heavy (non-hydrogen) atoms. The van der Waals surface area contributed by atoms with Gasteiger partial charge in [-0.1, -0.05) is 36.0 Å². The zero-order chi connectivity index (χ0) is 19.2. The van der Waals surface area contributed by atoms with Gasteiger partial charge >= 0.3 is 0 Å². The molecule has 0 radical (unpaired) electrons. The molecule has 0 saturated carbocycles. The quantitative estimate of drug-likeness (QED) is 0.391. The second-order valence-corrected chi connectivity index (χ2v) is 6.40. The average molecular weight is 384 g/mol. The molecule has 0 bridgehead atoms. The minimum absolute atomic E-state index is 0.0403. The average Bonchev–Trinajstić information content (AvgIpc) is 2.68. The van der Waals surface area contributed by atoms with Crippen LogP contribution in [-0.2, 0) is 5.75 Å².